The monoisotopic (exact) mass is 313 g/mol. The van der Waals surface area contributed by atoms with Crippen molar-refractivity contribution in [1.29, 1.82) is 0 Å². The van der Waals surface area contributed by atoms with Crippen LogP contribution >= 0.6 is 0 Å². The number of tetrazole rings is 1. The Kier molecular flexibility index (Phi) is 2.52. The summed E-state index contributed by atoms with van der Waals surface area (Å²) in [7, 11) is 0. The zero-order valence-corrected chi connectivity index (χ0v) is 12.8. The number of rotatable bonds is 3. The molecule has 0 aromatic carbocycles. The predicted molar refractivity (Wildman–Crippen MR) is 79.3 cm³/mol. The molecule has 0 radical (unpaired) electrons. The number of nitrogens with zero attached hydrogens (tertiary/aromatic N) is 5. The van der Waals surface area contributed by atoms with Crippen LogP contribution in [0.5, 0.6) is 0 Å². The molecule has 120 valence electrons. The molecule has 4 aliphatic rings. The smallest absolute Gasteiger partial charge is 0.254 e. The molecular weight excluding hydrogens is 294 g/mol. The van der Waals surface area contributed by atoms with Crippen molar-refractivity contribution < 1.29 is 4.79 Å². The van der Waals surface area contributed by atoms with Crippen molar-refractivity contribution in [2.24, 2.45) is 11.8 Å². The van der Waals surface area contributed by atoms with Crippen molar-refractivity contribution in [3.05, 3.63) is 24.3 Å². The Balaban J connectivity index is 1.48. The molecule has 2 aromatic rings. The van der Waals surface area contributed by atoms with Crippen LogP contribution in [0.1, 0.15) is 48.9 Å². The lowest BCUT2D eigenvalue weighted by molar-refractivity contribution is -0.0810. The van der Waals surface area contributed by atoms with E-state index in [1.165, 1.54) is 12.7 Å². The molecule has 2 N–H and O–H groups in total. The van der Waals surface area contributed by atoms with Crippen molar-refractivity contribution in [2.75, 3.05) is 0 Å². The van der Waals surface area contributed by atoms with Crippen molar-refractivity contribution in [3.8, 4) is 0 Å². The topological polar surface area (TPSA) is 101 Å². The first kappa shape index (κ1) is 13.2. The van der Waals surface area contributed by atoms with Gasteiger partial charge in [0.2, 0.25) is 0 Å². The molecule has 6 rings (SSSR count). The van der Waals surface area contributed by atoms with Crippen LogP contribution < -0.4 is 5.32 Å². The molecule has 4 bridgehead atoms. The molecule has 2 aromatic heterocycles. The zero-order valence-electron chi connectivity index (χ0n) is 12.8. The van der Waals surface area contributed by atoms with Gasteiger partial charge in [-0.25, -0.2) is 0 Å². The van der Waals surface area contributed by atoms with E-state index in [9.17, 15) is 4.79 Å². The van der Waals surface area contributed by atoms with Crippen LogP contribution in [0.4, 0.5) is 0 Å². The average molecular weight is 313 g/mol. The van der Waals surface area contributed by atoms with Crippen LogP contribution in [0.3, 0.4) is 0 Å². The van der Waals surface area contributed by atoms with Gasteiger partial charge in [-0.2, -0.15) is 9.90 Å². The Morgan fingerprint density at radius 2 is 2.13 bits per heavy atom. The molecule has 0 spiro atoms. The van der Waals surface area contributed by atoms with E-state index in [0.717, 1.165) is 32.1 Å². The van der Waals surface area contributed by atoms with E-state index in [1.807, 2.05) is 4.80 Å². The second-order valence-electron chi connectivity index (χ2n) is 7.63. The Morgan fingerprint density at radius 1 is 1.30 bits per heavy atom. The molecule has 4 saturated carbocycles. The normalized spacial score (nSPS) is 37.9. The molecule has 8 heteroatoms. The number of aromatic nitrogens is 6. The number of nitrogens with one attached hydrogen (secondary N) is 2. The quantitative estimate of drug-likeness (QED) is 0.875. The summed E-state index contributed by atoms with van der Waals surface area (Å²) in [6, 6.07) is 0. The van der Waals surface area contributed by atoms with Crippen LogP contribution in [0.25, 0.3) is 0 Å². The fourth-order valence-corrected chi connectivity index (χ4v) is 5.67. The molecule has 8 nitrogen and oxygen atoms in total. The second-order valence-corrected chi connectivity index (χ2v) is 7.63. The van der Waals surface area contributed by atoms with Gasteiger partial charge < -0.3 is 5.32 Å². The van der Waals surface area contributed by atoms with Gasteiger partial charge in [-0.3, -0.25) is 9.89 Å². The van der Waals surface area contributed by atoms with Gasteiger partial charge in [0.15, 0.2) is 6.33 Å². The van der Waals surface area contributed by atoms with Crippen LogP contribution in [-0.2, 0) is 5.54 Å². The Labute approximate surface area is 133 Å². The van der Waals surface area contributed by atoms with Gasteiger partial charge in [0, 0.05) is 11.7 Å². The van der Waals surface area contributed by atoms with Crippen LogP contribution in [0, 0.1) is 11.8 Å². The van der Waals surface area contributed by atoms with Gasteiger partial charge in [0.1, 0.15) is 0 Å². The summed E-state index contributed by atoms with van der Waals surface area (Å²) in [5.41, 5.74) is 0.366. The highest BCUT2D eigenvalue weighted by Crippen LogP contribution is 2.60. The minimum Gasteiger partial charge on any atom is -0.346 e. The van der Waals surface area contributed by atoms with E-state index in [2.05, 4.69) is 30.9 Å². The lowest BCUT2D eigenvalue weighted by Crippen LogP contribution is -2.66. The number of carbonyl (C=O) groups excluding carboxylic acids is 1. The third-order valence-corrected chi connectivity index (χ3v) is 5.94. The first-order valence-corrected chi connectivity index (χ1v) is 8.21. The fourth-order valence-electron chi connectivity index (χ4n) is 5.67. The molecule has 2 heterocycles. The SMILES string of the molecule is O=C(NC12C[C@H]3C[C@@H](C1)CC(n1ncnn1)(C3)C2)c1cn[nH]c1. The molecule has 0 aliphatic heterocycles. The van der Waals surface area contributed by atoms with E-state index in [0.29, 0.717) is 17.4 Å². The maximum Gasteiger partial charge on any atom is 0.254 e. The van der Waals surface area contributed by atoms with E-state index in [1.54, 1.807) is 12.4 Å². The highest BCUT2D eigenvalue weighted by atomic mass is 16.1. The van der Waals surface area contributed by atoms with E-state index >= 15 is 0 Å². The van der Waals surface area contributed by atoms with Crippen LogP contribution in [0.2, 0.25) is 0 Å². The summed E-state index contributed by atoms with van der Waals surface area (Å²) in [5.74, 6) is 1.22. The number of hydrogen-bond acceptors (Lipinski definition) is 5. The first-order valence-electron chi connectivity index (χ1n) is 8.21. The van der Waals surface area contributed by atoms with E-state index < -0.39 is 0 Å². The summed E-state index contributed by atoms with van der Waals surface area (Å²) >= 11 is 0. The number of carbonyl (C=O) groups is 1. The third kappa shape index (κ3) is 1.93. The largest absolute Gasteiger partial charge is 0.346 e. The standard InChI is InChI=1S/C15H19N7O/c23-13(12-6-16-17-7-12)20-14-2-10-1-11(3-14)5-15(4-10,8-14)22-19-9-18-21-22/h6-7,9-11H,1-5,8H2,(H,16,17)(H,20,23)/t10-,11+,14?,15?. The maximum atomic E-state index is 12.6. The third-order valence-electron chi connectivity index (χ3n) is 5.94. The van der Waals surface area contributed by atoms with Crippen molar-refractivity contribution >= 4 is 5.91 Å². The van der Waals surface area contributed by atoms with Gasteiger partial charge in [-0.05, 0) is 55.6 Å². The molecule has 4 fully saturated rings. The van der Waals surface area contributed by atoms with Crippen LogP contribution in [0.15, 0.2) is 18.7 Å². The summed E-state index contributed by atoms with van der Waals surface area (Å²) in [6.07, 6.45) is 11.2. The maximum absolute atomic E-state index is 12.6. The van der Waals surface area contributed by atoms with E-state index in [-0.39, 0.29) is 17.0 Å². The molecule has 0 saturated heterocycles. The van der Waals surface area contributed by atoms with Crippen molar-refractivity contribution in [1.82, 2.24) is 35.7 Å². The van der Waals surface area contributed by atoms with Crippen molar-refractivity contribution in [2.45, 2.75) is 49.6 Å². The summed E-state index contributed by atoms with van der Waals surface area (Å²) in [4.78, 5) is 14.4. The molecular formula is C15H19N7O. The van der Waals surface area contributed by atoms with Crippen LogP contribution in [-0.4, -0.2) is 41.9 Å². The molecule has 23 heavy (non-hydrogen) atoms. The number of amides is 1. The van der Waals surface area contributed by atoms with Gasteiger partial charge in [0.25, 0.3) is 5.91 Å². The summed E-state index contributed by atoms with van der Waals surface area (Å²) < 4.78 is 0. The Bertz CT molecular complexity index is 709. The van der Waals surface area contributed by atoms with Gasteiger partial charge in [-0.1, -0.05) is 0 Å². The zero-order chi connectivity index (χ0) is 15.5. The predicted octanol–water partition coefficient (Wildman–Crippen LogP) is 0.874. The molecule has 4 atom stereocenters. The molecule has 1 amide bonds. The number of aromatic amines is 1. The Hall–Kier alpha value is -2.25. The fraction of sp³-hybridized carbons (Fsp3) is 0.667. The van der Waals surface area contributed by atoms with Gasteiger partial charge in [0.05, 0.1) is 17.3 Å². The van der Waals surface area contributed by atoms with Gasteiger partial charge in [-0.15, -0.1) is 10.2 Å². The number of H-pyrrole nitrogens is 1. The lowest BCUT2D eigenvalue weighted by Gasteiger charge is -2.61. The van der Waals surface area contributed by atoms with Gasteiger partial charge >= 0.3 is 0 Å². The van der Waals surface area contributed by atoms with E-state index in [4.69, 9.17) is 0 Å². The Morgan fingerprint density at radius 3 is 2.78 bits per heavy atom. The highest BCUT2D eigenvalue weighted by molar-refractivity contribution is 5.94. The molecule has 4 aliphatic carbocycles. The first-order chi connectivity index (χ1) is 11.2. The molecule has 2 unspecified atom stereocenters. The second kappa shape index (κ2) is 4.39. The summed E-state index contributed by atoms with van der Waals surface area (Å²) in [5, 5.41) is 22.3. The number of hydrogen-bond donors (Lipinski definition) is 2. The van der Waals surface area contributed by atoms with Crippen molar-refractivity contribution in [3.63, 3.8) is 0 Å². The lowest BCUT2D eigenvalue weighted by atomic mass is 9.50. The summed E-state index contributed by atoms with van der Waals surface area (Å²) in [6.45, 7) is 0. The minimum absolute atomic E-state index is 0.0394. The highest BCUT2D eigenvalue weighted by Gasteiger charge is 2.60. The minimum atomic E-state index is -0.147. The average Bonchev–Trinajstić information content (AvgIpc) is 3.20.